The molecule has 0 aliphatic heterocycles. The second kappa shape index (κ2) is 8.56. The van der Waals surface area contributed by atoms with Crippen molar-refractivity contribution in [1.29, 1.82) is 0 Å². The Morgan fingerprint density at radius 3 is 2.33 bits per heavy atom. The second-order valence-corrected chi connectivity index (χ2v) is 7.76. The topological polar surface area (TPSA) is 60.9 Å². The SMILES string of the molecule is Cc1ccc(C(=O)CC(c2ccccc2)n2nc(-c3ccc(Cl)cc3)cc2N)cc1. The van der Waals surface area contributed by atoms with E-state index in [4.69, 9.17) is 22.4 Å². The van der Waals surface area contributed by atoms with Crippen molar-refractivity contribution >= 4 is 23.2 Å². The molecule has 2 N–H and O–H groups in total. The summed E-state index contributed by atoms with van der Waals surface area (Å²) in [5.41, 5.74) is 10.8. The first-order valence-corrected chi connectivity index (χ1v) is 10.1. The molecule has 5 heteroatoms. The second-order valence-electron chi connectivity index (χ2n) is 7.33. The molecule has 0 saturated heterocycles. The number of nitrogens with zero attached hydrogens (tertiary/aromatic N) is 2. The van der Waals surface area contributed by atoms with Crippen LogP contribution in [-0.2, 0) is 0 Å². The highest BCUT2D eigenvalue weighted by Gasteiger charge is 2.22. The van der Waals surface area contributed by atoms with Gasteiger partial charge in [0.15, 0.2) is 5.78 Å². The summed E-state index contributed by atoms with van der Waals surface area (Å²) in [4.78, 5) is 13.0. The molecule has 0 amide bonds. The Kier molecular flexibility index (Phi) is 5.68. The highest BCUT2D eigenvalue weighted by molar-refractivity contribution is 6.30. The molecule has 1 aromatic heterocycles. The number of carbonyl (C=O) groups is 1. The fraction of sp³-hybridized carbons (Fsp3) is 0.120. The smallest absolute Gasteiger partial charge is 0.165 e. The van der Waals surface area contributed by atoms with E-state index in [0.29, 0.717) is 16.4 Å². The van der Waals surface area contributed by atoms with Crippen LogP contribution in [0.25, 0.3) is 11.3 Å². The van der Waals surface area contributed by atoms with Gasteiger partial charge in [0.05, 0.1) is 11.7 Å². The number of benzene rings is 3. The average molecular weight is 416 g/mol. The lowest BCUT2D eigenvalue weighted by Crippen LogP contribution is -2.18. The molecule has 30 heavy (non-hydrogen) atoms. The quantitative estimate of drug-likeness (QED) is 0.395. The summed E-state index contributed by atoms with van der Waals surface area (Å²) < 4.78 is 1.74. The number of hydrogen-bond acceptors (Lipinski definition) is 3. The van der Waals surface area contributed by atoms with Crippen LogP contribution in [0.5, 0.6) is 0 Å². The number of rotatable bonds is 6. The molecule has 3 aromatic carbocycles. The van der Waals surface area contributed by atoms with Crippen LogP contribution in [-0.4, -0.2) is 15.6 Å². The Morgan fingerprint density at radius 2 is 1.67 bits per heavy atom. The molecule has 0 aliphatic carbocycles. The molecule has 150 valence electrons. The molecule has 1 unspecified atom stereocenters. The molecule has 1 atom stereocenters. The molecule has 0 radical (unpaired) electrons. The summed E-state index contributed by atoms with van der Waals surface area (Å²) in [7, 11) is 0. The van der Waals surface area contributed by atoms with E-state index in [9.17, 15) is 4.79 Å². The van der Waals surface area contributed by atoms with E-state index in [1.807, 2.05) is 91.9 Å². The van der Waals surface area contributed by atoms with Crippen molar-refractivity contribution in [3.05, 3.63) is 107 Å². The van der Waals surface area contributed by atoms with E-state index in [1.54, 1.807) is 4.68 Å². The van der Waals surface area contributed by atoms with Crippen molar-refractivity contribution in [1.82, 2.24) is 9.78 Å². The van der Waals surface area contributed by atoms with E-state index >= 15 is 0 Å². The first-order chi connectivity index (χ1) is 14.5. The van der Waals surface area contributed by atoms with Gasteiger partial charge in [-0.15, -0.1) is 0 Å². The zero-order valence-corrected chi connectivity index (χ0v) is 17.4. The van der Waals surface area contributed by atoms with Crippen molar-refractivity contribution < 1.29 is 4.79 Å². The van der Waals surface area contributed by atoms with E-state index in [1.165, 1.54) is 0 Å². The number of Topliss-reactive ketones (excluding diaryl/α,β-unsaturated/α-hetero) is 1. The Morgan fingerprint density at radius 1 is 1.00 bits per heavy atom. The monoisotopic (exact) mass is 415 g/mol. The Labute approximate surface area is 180 Å². The molecule has 0 saturated carbocycles. The molecule has 0 fully saturated rings. The van der Waals surface area contributed by atoms with E-state index in [-0.39, 0.29) is 18.2 Å². The number of nitrogens with two attached hydrogens (primary N) is 1. The first-order valence-electron chi connectivity index (χ1n) is 9.77. The lowest BCUT2D eigenvalue weighted by atomic mass is 9.97. The number of nitrogen functional groups attached to an aromatic ring is 1. The van der Waals surface area contributed by atoms with Crippen LogP contribution < -0.4 is 5.73 Å². The van der Waals surface area contributed by atoms with Gasteiger partial charge in [-0.05, 0) is 24.6 Å². The maximum atomic E-state index is 13.0. The molecule has 4 nitrogen and oxygen atoms in total. The molecular formula is C25H22ClN3O. The molecule has 0 spiro atoms. The van der Waals surface area contributed by atoms with Gasteiger partial charge in [0.2, 0.25) is 0 Å². The highest BCUT2D eigenvalue weighted by Crippen LogP contribution is 2.30. The summed E-state index contributed by atoms with van der Waals surface area (Å²) in [6.45, 7) is 2.00. The largest absolute Gasteiger partial charge is 0.384 e. The molecule has 0 aliphatic rings. The van der Waals surface area contributed by atoms with Gasteiger partial charge in [0.1, 0.15) is 5.82 Å². The van der Waals surface area contributed by atoms with Crippen LogP contribution in [0.3, 0.4) is 0 Å². The van der Waals surface area contributed by atoms with Gasteiger partial charge in [-0.3, -0.25) is 4.79 Å². The summed E-state index contributed by atoms with van der Waals surface area (Å²) in [6, 6.07) is 26.5. The standard InChI is InChI=1S/C25H22ClN3O/c1-17-7-9-20(10-8-17)24(30)16-23(19-5-3-2-4-6-19)29-25(27)15-22(28-29)18-11-13-21(26)14-12-18/h2-15,23H,16,27H2,1H3. The lowest BCUT2D eigenvalue weighted by molar-refractivity contribution is 0.0968. The highest BCUT2D eigenvalue weighted by atomic mass is 35.5. The molecule has 1 heterocycles. The van der Waals surface area contributed by atoms with Crippen LogP contribution in [0.2, 0.25) is 5.02 Å². The fourth-order valence-corrected chi connectivity index (χ4v) is 3.60. The minimum Gasteiger partial charge on any atom is -0.384 e. The summed E-state index contributed by atoms with van der Waals surface area (Å²) in [5.74, 6) is 0.553. The minimum absolute atomic E-state index is 0.0480. The zero-order valence-electron chi connectivity index (χ0n) is 16.6. The van der Waals surface area contributed by atoms with Gasteiger partial charge < -0.3 is 5.73 Å². The Hall–Kier alpha value is -3.37. The predicted octanol–water partition coefficient (Wildman–Crippen LogP) is 5.96. The number of halogens is 1. The normalized spacial score (nSPS) is 11.9. The number of carbonyl (C=O) groups excluding carboxylic acids is 1. The van der Waals surface area contributed by atoms with Crippen molar-refractivity contribution in [2.45, 2.75) is 19.4 Å². The Bertz CT molecular complexity index is 1150. The molecular weight excluding hydrogens is 394 g/mol. The number of aromatic nitrogens is 2. The third kappa shape index (κ3) is 4.29. The summed E-state index contributed by atoms with van der Waals surface area (Å²) in [6.07, 6.45) is 0.263. The zero-order chi connectivity index (χ0) is 21.1. The number of ketones is 1. The maximum absolute atomic E-state index is 13.0. The lowest BCUT2D eigenvalue weighted by Gasteiger charge is -2.19. The predicted molar refractivity (Wildman–Crippen MR) is 122 cm³/mol. The van der Waals surface area contributed by atoms with Crippen LogP contribution in [0.1, 0.15) is 33.9 Å². The third-order valence-electron chi connectivity index (χ3n) is 5.14. The minimum atomic E-state index is -0.305. The van der Waals surface area contributed by atoms with Gasteiger partial charge in [-0.1, -0.05) is 83.9 Å². The number of aryl methyl sites for hydroxylation is 1. The number of anilines is 1. The van der Waals surface area contributed by atoms with Gasteiger partial charge >= 0.3 is 0 Å². The van der Waals surface area contributed by atoms with Crippen molar-refractivity contribution in [2.75, 3.05) is 5.73 Å². The van der Waals surface area contributed by atoms with Crippen LogP contribution >= 0.6 is 11.6 Å². The molecule has 4 aromatic rings. The van der Waals surface area contributed by atoms with Gasteiger partial charge in [0, 0.05) is 28.6 Å². The molecule has 0 bridgehead atoms. The van der Waals surface area contributed by atoms with Crippen LogP contribution in [0.4, 0.5) is 5.82 Å². The molecule has 4 rings (SSSR count). The van der Waals surface area contributed by atoms with Crippen molar-refractivity contribution in [2.24, 2.45) is 0 Å². The van der Waals surface area contributed by atoms with Crippen molar-refractivity contribution in [3.8, 4) is 11.3 Å². The van der Waals surface area contributed by atoms with Gasteiger partial charge in [-0.25, -0.2) is 4.68 Å². The van der Waals surface area contributed by atoms with E-state index < -0.39 is 0 Å². The summed E-state index contributed by atoms with van der Waals surface area (Å²) >= 11 is 6.00. The fourth-order valence-electron chi connectivity index (χ4n) is 3.47. The van der Waals surface area contributed by atoms with Crippen molar-refractivity contribution in [3.63, 3.8) is 0 Å². The number of hydrogen-bond donors (Lipinski definition) is 1. The first kappa shape index (κ1) is 19.9. The Balaban J connectivity index is 1.71. The van der Waals surface area contributed by atoms with Crippen LogP contribution in [0.15, 0.2) is 84.9 Å². The van der Waals surface area contributed by atoms with E-state index in [0.717, 1.165) is 22.4 Å². The van der Waals surface area contributed by atoms with Crippen LogP contribution in [0, 0.1) is 6.92 Å². The van der Waals surface area contributed by atoms with E-state index in [2.05, 4.69) is 0 Å². The third-order valence-corrected chi connectivity index (χ3v) is 5.39. The maximum Gasteiger partial charge on any atom is 0.165 e. The van der Waals surface area contributed by atoms with Gasteiger partial charge in [0.25, 0.3) is 0 Å². The van der Waals surface area contributed by atoms with Gasteiger partial charge in [-0.2, -0.15) is 5.10 Å². The summed E-state index contributed by atoms with van der Waals surface area (Å²) in [5, 5.41) is 5.41. The average Bonchev–Trinajstić information content (AvgIpc) is 3.14.